The highest BCUT2D eigenvalue weighted by Gasteiger charge is 2.30. The standard InChI is InChI=1S/C18H28N2O3S/c1-14(2)5-8-18(21)19-9-11-20(12-10-19)24(22,23)17-7-6-15(3)16(4)13-17/h6-7,13-14H,5,8-12H2,1-4H3. The van der Waals surface area contributed by atoms with Crippen molar-refractivity contribution in [3.05, 3.63) is 29.3 Å². The monoisotopic (exact) mass is 352 g/mol. The van der Waals surface area contributed by atoms with E-state index in [1.807, 2.05) is 19.9 Å². The number of amides is 1. The van der Waals surface area contributed by atoms with Crippen LogP contribution in [0, 0.1) is 19.8 Å². The van der Waals surface area contributed by atoms with Gasteiger partial charge in [-0.15, -0.1) is 0 Å². The molecule has 1 saturated heterocycles. The first-order valence-corrected chi connectivity index (χ1v) is 10.0. The molecule has 1 aromatic rings. The van der Waals surface area contributed by atoms with Gasteiger partial charge in [0.25, 0.3) is 0 Å². The van der Waals surface area contributed by atoms with E-state index in [0.717, 1.165) is 17.5 Å². The number of nitrogens with zero attached hydrogens (tertiary/aromatic N) is 2. The van der Waals surface area contributed by atoms with Crippen LogP contribution in [0.4, 0.5) is 0 Å². The average molecular weight is 353 g/mol. The smallest absolute Gasteiger partial charge is 0.243 e. The Kier molecular flexibility index (Phi) is 6.04. The third-order valence-electron chi connectivity index (χ3n) is 4.64. The summed E-state index contributed by atoms with van der Waals surface area (Å²) >= 11 is 0. The minimum atomic E-state index is -3.48. The van der Waals surface area contributed by atoms with Crippen LogP contribution in [-0.2, 0) is 14.8 Å². The Hall–Kier alpha value is -1.40. The largest absolute Gasteiger partial charge is 0.340 e. The van der Waals surface area contributed by atoms with Gasteiger partial charge in [0.15, 0.2) is 0 Å². The van der Waals surface area contributed by atoms with E-state index < -0.39 is 10.0 Å². The zero-order valence-corrected chi connectivity index (χ0v) is 15.9. The molecule has 0 radical (unpaired) electrons. The van der Waals surface area contributed by atoms with Gasteiger partial charge in [0, 0.05) is 32.6 Å². The molecule has 5 nitrogen and oxygen atoms in total. The summed E-state index contributed by atoms with van der Waals surface area (Å²) in [6.07, 6.45) is 1.42. The van der Waals surface area contributed by atoms with Crippen molar-refractivity contribution in [1.82, 2.24) is 9.21 Å². The van der Waals surface area contributed by atoms with Crippen LogP contribution in [-0.4, -0.2) is 49.7 Å². The van der Waals surface area contributed by atoms with Gasteiger partial charge >= 0.3 is 0 Å². The fourth-order valence-corrected chi connectivity index (χ4v) is 4.28. The molecule has 0 bridgehead atoms. The molecule has 0 atom stereocenters. The summed E-state index contributed by atoms with van der Waals surface area (Å²) in [5.74, 6) is 0.632. The Morgan fingerprint density at radius 3 is 2.25 bits per heavy atom. The Morgan fingerprint density at radius 2 is 1.71 bits per heavy atom. The molecule has 0 N–H and O–H groups in total. The molecule has 0 aromatic heterocycles. The van der Waals surface area contributed by atoms with Crippen LogP contribution in [0.2, 0.25) is 0 Å². The molecular formula is C18H28N2O3S. The number of piperazine rings is 1. The zero-order chi connectivity index (χ0) is 17.9. The van der Waals surface area contributed by atoms with Crippen LogP contribution >= 0.6 is 0 Å². The fraction of sp³-hybridized carbons (Fsp3) is 0.611. The molecule has 0 saturated carbocycles. The lowest BCUT2D eigenvalue weighted by Crippen LogP contribution is -2.50. The topological polar surface area (TPSA) is 57.7 Å². The highest BCUT2D eigenvalue weighted by atomic mass is 32.2. The van der Waals surface area contributed by atoms with Crippen LogP contribution in [0.1, 0.15) is 37.8 Å². The summed E-state index contributed by atoms with van der Waals surface area (Å²) < 4.78 is 27.0. The van der Waals surface area contributed by atoms with E-state index in [9.17, 15) is 13.2 Å². The van der Waals surface area contributed by atoms with Crippen LogP contribution in [0.25, 0.3) is 0 Å². The number of sulfonamides is 1. The highest BCUT2D eigenvalue weighted by molar-refractivity contribution is 7.89. The van der Waals surface area contributed by atoms with Crippen molar-refractivity contribution in [3.63, 3.8) is 0 Å². The van der Waals surface area contributed by atoms with Gasteiger partial charge in [-0.2, -0.15) is 4.31 Å². The van der Waals surface area contributed by atoms with Gasteiger partial charge in [-0.3, -0.25) is 4.79 Å². The van der Waals surface area contributed by atoms with Crippen molar-refractivity contribution < 1.29 is 13.2 Å². The number of hydrogen-bond acceptors (Lipinski definition) is 3. The van der Waals surface area contributed by atoms with Gasteiger partial charge in [-0.1, -0.05) is 19.9 Å². The number of rotatable bonds is 5. The maximum Gasteiger partial charge on any atom is 0.243 e. The number of carbonyl (C=O) groups is 1. The Bertz CT molecular complexity index is 690. The van der Waals surface area contributed by atoms with Crippen molar-refractivity contribution in [3.8, 4) is 0 Å². The normalized spacial score (nSPS) is 16.6. The maximum atomic E-state index is 12.8. The summed E-state index contributed by atoms with van der Waals surface area (Å²) in [6, 6.07) is 5.23. The SMILES string of the molecule is Cc1ccc(S(=O)(=O)N2CCN(C(=O)CCC(C)C)CC2)cc1C. The van der Waals surface area contributed by atoms with Gasteiger partial charge in [0.05, 0.1) is 4.90 Å². The van der Waals surface area contributed by atoms with Gasteiger partial charge in [0.2, 0.25) is 15.9 Å². The average Bonchev–Trinajstić information content (AvgIpc) is 2.55. The second-order valence-electron chi connectivity index (χ2n) is 6.96. The molecule has 1 aliphatic heterocycles. The van der Waals surface area contributed by atoms with Crippen molar-refractivity contribution >= 4 is 15.9 Å². The molecule has 1 heterocycles. The van der Waals surface area contributed by atoms with E-state index in [0.29, 0.717) is 43.4 Å². The van der Waals surface area contributed by atoms with Crippen LogP contribution < -0.4 is 0 Å². The molecule has 1 fully saturated rings. The highest BCUT2D eigenvalue weighted by Crippen LogP contribution is 2.21. The first-order chi connectivity index (χ1) is 11.2. The quantitative estimate of drug-likeness (QED) is 0.818. The lowest BCUT2D eigenvalue weighted by atomic mass is 10.1. The predicted octanol–water partition coefficient (Wildman–Crippen LogP) is 2.57. The molecular weight excluding hydrogens is 324 g/mol. The lowest BCUT2D eigenvalue weighted by Gasteiger charge is -2.34. The molecule has 0 aliphatic carbocycles. The molecule has 6 heteroatoms. The van der Waals surface area contributed by atoms with Gasteiger partial charge in [-0.05, 0) is 49.4 Å². The van der Waals surface area contributed by atoms with E-state index in [2.05, 4.69) is 13.8 Å². The van der Waals surface area contributed by atoms with E-state index in [4.69, 9.17) is 0 Å². The van der Waals surface area contributed by atoms with E-state index in [-0.39, 0.29) is 5.91 Å². The molecule has 0 spiro atoms. The second-order valence-corrected chi connectivity index (χ2v) is 8.90. The summed E-state index contributed by atoms with van der Waals surface area (Å²) in [5, 5.41) is 0. The van der Waals surface area contributed by atoms with Crippen LogP contribution in [0.15, 0.2) is 23.1 Å². The minimum Gasteiger partial charge on any atom is -0.340 e. The Labute approximate surface area is 145 Å². The molecule has 24 heavy (non-hydrogen) atoms. The van der Waals surface area contributed by atoms with Gasteiger partial charge in [0.1, 0.15) is 0 Å². The van der Waals surface area contributed by atoms with Crippen molar-refractivity contribution in [2.45, 2.75) is 45.4 Å². The van der Waals surface area contributed by atoms with E-state index in [1.54, 1.807) is 17.0 Å². The van der Waals surface area contributed by atoms with E-state index in [1.165, 1.54) is 4.31 Å². The molecule has 0 unspecified atom stereocenters. The Balaban J connectivity index is 2.00. The predicted molar refractivity (Wildman–Crippen MR) is 95.3 cm³/mol. The van der Waals surface area contributed by atoms with Crippen LogP contribution in [0.3, 0.4) is 0 Å². The third-order valence-corrected chi connectivity index (χ3v) is 6.54. The first kappa shape index (κ1) is 18.9. The third kappa shape index (κ3) is 4.36. The Morgan fingerprint density at radius 1 is 1.08 bits per heavy atom. The molecule has 2 rings (SSSR count). The molecule has 1 aromatic carbocycles. The van der Waals surface area contributed by atoms with Gasteiger partial charge in [-0.25, -0.2) is 8.42 Å². The number of aryl methyl sites for hydroxylation is 2. The van der Waals surface area contributed by atoms with Crippen molar-refractivity contribution in [1.29, 1.82) is 0 Å². The summed E-state index contributed by atoms with van der Waals surface area (Å²) in [5.41, 5.74) is 2.05. The van der Waals surface area contributed by atoms with Crippen molar-refractivity contribution in [2.75, 3.05) is 26.2 Å². The van der Waals surface area contributed by atoms with E-state index >= 15 is 0 Å². The zero-order valence-electron chi connectivity index (χ0n) is 15.1. The summed E-state index contributed by atoms with van der Waals surface area (Å²) in [6.45, 7) is 9.75. The summed E-state index contributed by atoms with van der Waals surface area (Å²) in [4.78, 5) is 14.3. The van der Waals surface area contributed by atoms with Crippen LogP contribution in [0.5, 0.6) is 0 Å². The molecule has 134 valence electrons. The number of carbonyl (C=O) groups excluding carboxylic acids is 1. The molecule has 1 amide bonds. The van der Waals surface area contributed by atoms with Crippen molar-refractivity contribution in [2.24, 2.45) is 5.92 Å². The number of hydrogen-bond donors (Lipinski definition) is 0. The van der Waals surface area contributed by atoms with Gasteiger partial charge < -0.3 is 4.90 Å². The first-order valence-electron chi connectivity index (χ1n) is 8.57. The lowest BCUT2D eigenvalue weighted by molar-refractivity contribution is -0.132. The maximum absolute atomic E-state index is 12.8. The fourth-order valence-electron chi connectivity index (χ4n) is 2.77. The summed E-state index contributed by atoms with van der Waals surface area (Å²) in [7, 11) is -3.48. The molecule has 1 aliphatic rings. The minimum absolute atomic E-state index is 0.131. The number of benzene rings is 1. The second kappa shape index (κ2) is 7.66.